The third-order valence-corrected chi connectivity index (χ3v) is 17.8. The van der Waals surface area contributed by atoms with E-state index >= 15 is 0 Å². The van der Waals surface area contributed by atoms with Crippen molar-refractivity contribution in [1.29, 1.82) is 0 Å². The molecule has 0 radical (unpaired) electrons. The normalized spacial score (nSPS) is 49.7. The third-order valence-electron chi connectivity index (χ3n) is 17.8. The van der Waals surface area contributed by atoms with Gasteiger partial charge in [-0.15, -0.1) is 0 Å². The zero-order valence-electron chi connectivity index (χ0n) is 37.4. The van der Waals surface area contributed by atoms with Crippen molar-refractivity contribution in [3.63, 3.8) is 0 Å². The summed E-state index contributed by atoms with van der Waals surface area (Å²) in [6, 6.07) is 0. The van der Waals surface area contributed by atoms with Gasteiger partial charge in [0.15, 0.2) is 6.29 Å². The van der Waals surface area contributed by atoms with Crippen LogP contribution in [0.1, 0.15) is 106 Å². The molecule has 64 heavy (non-hydrogen) atoms. The second kappa shape index (κ2) is 17.1. The van der Waals surface area contributed by atoms with Crippen LogP contribution in [-0.2, 0) is 42.9 Å². The largest absolute Gasteiger partial charge is 0.481 e. The van der Waals surface area contributed by atoms with Crippen LogP contribution < -0.4 is 0 Å². The lowest BCUT2D eigenvalue weighted by atomic mass is 9.33. The van der Waals surface area contributed by atoms with Gasteiger partial charge in [0.05, 0.1) is 23.5 Å². The number of hydrogen-bond donors (Lipinski definition) is 10. The Morgan fingerprint density at radius 3 is 1.97 bits per heavy atom. The molecule has 5 aliphatic carbocycles. The molecular weight excluding hydrogens is 844 g/mol. The maximum absolute atomic E-state index is 14.6. The predicted molar refractivity (Wildman–Crippen MR) is 217 cm³/mol. The molecule has 20 atom stereocenters. The third kappa shape index (κ3) is 7.62. The minimum atomic E-state index is -1.91. The van der Waals surface area contributed by atoms with E-state index in [-0.39, 0.29) is 23.7 Å². The smallest absolute Gasteiger partial charge is 0.317 e. The molecule has 19 nitrogen and oxygen atoms in total. The van der Waals surface area contributed by atoms with Crippen molar-refractivity contribution in [1.82, 2.24) is 0 Å². The Kier molecular flexibility index (Phi) is 13.1. The standard InChI is InChI=1S/C45H68O19/c1-40(2)11-13-45(39(59)64-37-34(56)31(53)29(51)23(18-46)61-37)14-12-42(4)20(21(45)16-40)7-8-25-41(3)17-22(47)35(44(6,38(57)58)26(41)9-10-43(25,42)5)63-36-33(55)32(54)30(52)24(62-36)19-60-28(50)15-27(48)49/h7,21-26,29-37,46-47,51-56H,8-19H2,1-6H3,(H,48,49)(H,57,58). The molecule has 6 fully saturated rings. The van der Waals surface area contributed by atoms with E-state index in [9.17, 15) is 65.1 Å². The number of carbonyl (C=O) groups is 4. The van der Waals surface area contributed by atoms with Crippen molar-refractivity contribution in [2.45, 2.75) is 179 Å². The summed E-state index contributed by atoms with van der Waals surface area (Å²) in [6.07, 6.45) is -14.1. The fraction of sp³-hybridized carbons (Fsp3) is 0.867. The molecule has 2 heterocycles. The Hall–Kier alpha value is -2.82. The Bertz CT molecular complexity index is 1850. The van der Waals surface area contributed by atoms with E-state index in [4.69, 9.17) is 28.8 Å². The molecule has 7 aliphatic rings. The zero-order chi connectivity index (χ0) is 47.3. The molecule has 19 heteroatoms. The average molecular weight is 913 g/mol. The van der Waals surface area contributed by atoms with Crippen molar-refractivity contribution in [3.05, 3.63) is 11.6 Å². The molecule has 0 spiro atoms. The van der Waals surface area contributed by atoms with Gasteiger partial charge in [-0.1, -0.05) is 46.3 Å². The van der Waals surface area contributed by atoms with Gasteiger partial charge in [-0.3, -0.25) is 19.2 Å². The predicted octanol–water partition coefficient (Wildman–Crippen LogP) is 0.377. The molecule has 7 rings (SSSR count). The van der Waals surface area contributed by atoms with Crippen LogP contribution in [0.3, 0.4) is 0 Å². The van der Waals surface area contributed by atoms with Crippen molar-refractivity contribution in [2.24, 2.45) is 50.2 Å². The number of rotatable bonds is 10. The molecule has 4 saturated carbocycles. The van der Waals surface area contributed by atoms with Gasteiger partial charge in [-0.2, -0.15) is 0 Å². The van der Waals surface area contributed by atoms with Gasteiger partial charge in [-0.25, -0.2) is 0 Å². The monoisotopic (exact) mass is 912 g/mol. The highest BCUT2D eigenvalue weighted by molar-refractivity contribution is 5.90. The lowest BCUT2D eigenvalue weighted by Crippen LogP contribution is -2.70. The molecule has 0 aromatic rings. The fourth-order valence-electron chi connectivity index (χ4n) is 14.0. The number of carboxylic acids is 2. The second-order valence-electron chi connectivity index (χ2n) is 21.7. The summed E-state index contributed by atoms with van der Waals surface area (Å²) in [7, 11) is 0. The van der Waals surface area contributed by atoms with Crippen LogP contribution in [0.2, 0.25) is 0 Å². The van der Waals surface area contributed by atoms with Crippen LogP contribution in [-0.4, -0.2) is 162 Å². The van der Waals surface area contributed by atoms with Crippen molar-refractivity contribution in [3.8, 4) is 0 Å². The number of ether oxygens (including phenoxy) is 5. The maximum Gasteiger partial charge on any atom is 0.317 e. The van der Waals surface area contributed by atoms with Gasteiger partial charge in [-0.05, 0) is 104 Å². The number of aliphatic hydroxyl groups excluding tert-OH is 8. The summed E-state index contributed by atoms with van der Waals surface area (Å²) in [5.41, 5.74) is -3.58. The van der Waals surface area contributed by atoms with E-state index in [1.165, 1.54) is 6.92 Å². The fourth-order valence-corrected chi connectivity index (χ4v) is 14.0. The molecular formula is C45H68O19. The highest BCUT2D eigenvalue weighted by Gasteiger charge is 2.73. The first-order valence-corrected chi connectivity index (χ1v) is 22.6. The van der Waals surface area contributed by atoms with Gasteiger partial charge in [0.1, 0.15) is 68.0 Å². The average Bonchev–Trinajstić information content (AvgIpc) is 3.21. The van der Waals surface area contributed by atoms with E-state index in [1.807, 2.05) is 6.92 Å². The molecule has 2 aliphatic heterocycles. The Morgan fingerprint density at radius 2 is 1.34 bits per heavy atom. The molecule has 0 aromatic heterocycles. The SMILES string of the molecule is CC1(C)CCC2(C(=O)OC3OC(CO)C(O)C(O)C3O)CCC3(C)C(=CCC4C5(C)CC(O)C(OC6OC(COC(=O)CC(=O)O)C(O)C(O)C6O)C(C)(C(=O)O)C5CCC43C)C2C1. The minimum absolute atomic E-state index is 0.0980. The summed E-state index contributed by atoms with van der Waals surface area (Å²) >= 11 is 0. The van der Waals surface area contributed by atoms with Crippen LogP contribution in [0.4, 0.5) is 0 Å². The molecule has 362 valence electrons. The Labute approximate surface area is 371 Å². The van der Waals surface area contributed by atoms with Gasteiger partial charge < -0.3 is 74.7 Å². The van der Waals surface area contributed by atoms with Crippen LogP contribution >= 0.6 is 0 Å². The van der Waals surface area contributed by atoms with E-state index in [2.05, 4.69) is 33.8 Å². The Balaban J connectivity index is 1.17. The molecule has 2 saturated heterocycles. The Morgan fingerprint density at radius 1 is 0.734 bits per heavy atom. The second-order valence-corrected chi connectivity index (χ2v) is 21.7. The first-order chi connectivity index (χ1) is 29.7. The summed E-state index contributed by atoms with van der Waals surface area (Å²) in [6.45, 7) is 10.9. The van der Waals surface area contributed by atoms with E-state index < -0.39 is 150 Å². The number of allylic oxidation sites excluding steroid dienone is 2. The summed E-state index contributed by atoms with van der Waals surface area (Å²) < 4.78 is 28.4. The highest BCUT2D eigenvalue weighted by Crippen LogP contribution is 2.76. The van der Waals surface area contributed by atoms with Gasteiger partial charge in [0.25, 0.3) is 0 Å². The first-order valence-electron chi connectivity index (χ1n) is 22.6. The number of esters is 2. The number of carbonyl (C=O) groups excluding carboxylic acids is 2. The molecule has 0 amide bonds. The summed E-state index contributed by atoms with van der Waals surface area (Å²) in [4.78, 5) is 51.2. The van der Waals surface area contributed by atoms with Crippen LogP contribution in [0, 0.1) is 50.2 Å². The highest BCUT2D eigenvalue weighted by atomic mass is 16.7. The molecule has 10 N–H and O–H groups in total. The van der Waals surface area contributed by atoms with Gasteiger partial charge >= 0.3 is 23.9 Å². The number of fused-ring (bicyclic) bond motifs is 7. The van der Waals surface area contributed by atoms with Crippen LogP contribution in [0.5, 0.6) is 0 Å². The van der Waals surface area contributed by atoms with Crippen LogP contribution in [0.15, 0.2) is 11.6 Å². The van der Waals surface area contributed by atoms with Gasteiger partial charge in [0, 0.05) is 0 Å². The summed E-state index contributed by atoms with van der Waals surface area (Å²) in [5.74, 6) is -5.47. The zero-order valence-corrected chi connectivity index (χ0v) is 37.4. The van der Waals surface area contributed by atoms with Crippen molar-refractivity contribution < 1.29 is 93.9 Å². The van der Waals surface area contributed by atoms with E-state index in [0.29, 0.717) is 44.9 Å². The van der Waals surface area contributed by atoms with Crippen LogP contribution in [0.25, 0.3) is 0 Å². The topological polar surface area (TPSA) is 317 Å². The molecule has 20 unspecified atom stereocenters. The van der Waals surface area contributed by atoms with Crippen molar-refractivity contribution in [2.75, 3.05) is 13.2 Å². The van der Waals surface area contributed by atoms with E-state index in [1.54, 1.807) is 0 Å². The summed E-state index contributed by atoms with van der Waals surface area (Å²) in [5, 5.41) is 106. The quantitative estimate of drug-likeness (QED) is 0.0613. The van der Waals surface area contributed by atoms with Gasteiger partial charge in [0.2, 0.25) is 6.29 Å². The number of aliphatic carboxylic acids is 2. The molecule has 0 aromatic carbocycles. The lowest BCUT2D eigenvalue weighted by molar-refractivity contribution is -0.340. The molecule has 0 bridgehead atoms. The maximum atomic E-state index is 14.6. The van der Waals surface area contributed by atoms with E-state index in [0.717, 1.165) is 12.0 Å². The van der Waals surface area contributed by atoms with Crippen molar-refractivity contribution >= 4 is 23.9 Å². The number of carboxylic acid groups (broad SMARTS) is 2. The number of aliphatic hydroxyl groups is 8. The first kappa shape index (κ1) is 49.1. The number of hydrogen-bond acceptors (Lipinski definition) is 17. The minimum Gasteiger partial charge on any atom is -0.481 e. The lowest BCUT2D eigenvalue weighted by Gasteiger charge is -2.71.